The van der Waals surface area contributed by atoms with E-state index in [1.807, 2.05) is 20.8 Å². The minimum Gasteiger partial charge on any atom is -0.329 e. The standard InChI is InChI=1S/C16H22N2O3/c1-11(19)13-6-8-14(9-7-13)17-15(21)10-18(12(2)20)16(3,4)5/h6-9H,10H2,1-5H3,(H,17,21). The molecule has 0 aliphatic heterocycles. The molecule has 0 unspecified atom stereocenters. The van der Waals surface area contributed by atoms with Crippen molar-refractivity contribution in [2.24, 2.45) is 0 Å². The van der Waals surface area contributed by atoms with Gasteiger partial charge in [-0.05, 0) is 52.0 Å². The van der Waals surface area contributed by atoms with E-state index in [2.05, 4.69) is 5.32 Å². The van der Waals surface area contributed by atoms with Gasteiger partial charge in [-0.25, -0.2) is 0 Å². The molecule has 0 bridgehead atoms. The van der Waals surface area contributed by atoms with Crippen molar-refractivity contribution in [2.45, 2.75) is 40.2 Å². The van der Waals surface area contributed by atoms with Gasteiger partial charge in [0.25, 0.3) is 0 Å². The van der Waals surface area contributed by atoms with Crippen LogP contribution in [0.2, 0.25) is 0 Å². The predicted octanol–water partition coefficient (Wildman–Crippen LogP) is 2.47. The molecule has 1 aromatic carbocycles. The Morgan fingerprint density at radius 1 is 1.05 bits per heavy atom. The van der Waals surface area contributed by atoms with Crippen molar-refractivity contribution >= 4 is 23.3 Å². The minimum atomic E-state index is -0.415. The smallest absolute Gasteiger partial charge is 0.244 e. The van der Waals surface area contributed by atoms with Gasteiger partial charge in [-0.1, -0.05) is 0 Å². The third kappa shape index (κ3) is 5.02. The lowest BCUT2D eigenvalue weighted by Gasteiger charge is -2.34. The topological polar surface area (TPSA) is 66.5 Å². The highest BCUT2D eigenvalue weighted by Crippen LogP contribution is 2.14. The molecule has 1 N–H and O–H groups in total. The van der Waals surface area contributed by atoms with E-state index in [1.165, 1.54) is 18.7 Å². The summed E-state index contributed by atoms with van der Waals surface area (Å²) in [6.07, 6.45) is 0. The highest BCUT2D eigenvalue weighted by atomic mass is 16.2. The molecule has 0 fully saturated rings. The Morgan fingerprint density at radius 3 is 1.95 bits per heavy atom. The molecule has 0 heterocycles. The van der Waals surface area contributed by atoms with E-state index < -0.39 is 5.54 Å². The lowest BCUT2D eigenvalue weighted by molar-refractivity contribution is -0.137. The molecule has 0 radical (unpaired) electrons. The number of nitrogens with one attached hydrogen (secondary N) is 1. The van der Waals surface area contributed by atoms with Crippen molar-refractivity contribution in [3.8, 4) is 0 Å². The number of nitrogens with zero attached hydrogens (tertiary/aromatic N) is 1. The molecule has 0 saturated heterocycles. The molecule has 0 spiro atoms. The van der Waals surface area contributed by atoms with E-state index in [0.717, 1.165) is 0 Å². The first-order valence-corrected chi connectivity index (χ1v) is 6.80. The molecular formula is C16H22N2O3. The molecule has 0 aromatic heterocycles. The van der Waals surface area contributed by atoms with E-state index in [0.29, 0.717) is 11.3 Å². The largest absolute Gasteiger partial charge is 0.329 e. The van der Waals surface area contributed by atoms with Gasteiger partial charge < -0.3 is 10.2 Å². The average Bonchev–Trinajstić information content (AvgIpc) is 2.35. The van der Waals surface area contributed by atoms with Crippen molar-refractivity contribution in [3.05, 3.63) is 29.8 Å². The van der Waals surface area contributed by atoms with Crippen LogP contribution in [-0.4, -0.2) is 34.6 Å². The van der Waals surface area contributed by atoms with Crippen LogP contribution in [0, 0.1) is 0 Å². The van der Waals surface area contributed by atoms with Gasteiger partial charge in [0.1, 0.15) is 6.54 Å². The fourth-order valence-corrected chi connectivity index (χ4v) is 1.95. The van der Waals surface area contributed by atoms with Crippen LogP contribution in [0.1, 0.15) is 45.0 Å². The van der Waals surface area contributed by atoms with Gasteiger partial charge in [0.05, 0.1) is 0 Å². The zero-order chi connectivity index (χ0) is 16.2. The Morgan fingerprint density at radius 2 is 1.57 bits per heavy atom. The number of carbonyl (C=O) groups excluding carboxylic acids is 3. The average molecular weight is 290 g/mol. The summed E-state index contributed by atoms with van der Waals surface area (Å²) < 4.78 is 0. The van der Waals surface area contributed by atoms with Crippen molar-refractivity contribution in [1.82, 2.24) is 4.90 Å². The van der Waals surface area contributed by atoms with Gasteiger partial charge in [-0.3, -0.25) is 14.4 Å². The number of ketones is 1. The predicted molar refractivity (Wildman–Crippen MR) is 82.2 cm³/mol. The van der Waals surface area contributed by atoms with E-state index in [-0.39, 0.29) is 24.1 Å². The number of Topliss-reactive ketones (excluding diaryl/α,β-unsaturated/α-hetero) is 1. The molecule has 2 amide bonds. The van der Waals surface area contributed by atoms with Gasteiger partial charge >= 0.3 is 0 Å². The highest BCUT2D eigenvalue weighted by molar-refractivity contribution is 5.96. The van der Waals surface area contributed by atoms with Crippen LogP contribution in [0.25, 0.3) is 0 Å². The van der Waals surface area contributed by atoms with Crippen molar-refractivity contribution < 1.29 is 14.4 Å². The van der Waals surface area contributed by atoms with E-state index in [4.69, 9.17) is 0 Å². The quantitative estimate of drug-likeness (QED) is 0.866. The lowest BCUT2D eigenvalue weighted by Crippen LogP contribution is -2.48. The van der Waals surface area contributed by atoms with Gasteiger partial charge in [-0.15, -0.1) is 0 Å². The zero-order valence-corrected chi connectivity index (χ0v) is 13.2. The summed E-state index contributed by atoms with van der Waals surface area (Å²) in [5, 5.41) is 2.72. The lowest BCUT2D eigenvalue weighted by atomic mass is 10.1. The third-order valence-corrected chi connectivity index (χ3v) is 3.07. The van der Waals surface area contributed by atoms with Crippen LogP contribution in [0.15, 0.2) is 24.3 Å². The maximum atomic E-state index is 12.0. The zero-order valence-electron chi connectivity index (χ0n) is 13.2. The monoisotopic (exact) mass is 290 g/mol. The van der Waals surface area contributed by atoms with Gasteiger partial charge in [-0.2, -0.15) is 0 Å². The fraction of sp³-hybridized carbons (Fsp3) is 0.438. The number of hydrogen-bond donors (Lipinski definition) is 1. The number of hydrogen-bond acceptors (Lipinski definition) is 3. The summed E-state index contributed by atoms with van der Waals surface area (Å²) in [6.45, 7) is 8.56. The Bertz CT molecular complexity index is 542. The molecule has 5 heteroatoms. The minimum absolute atomic E-state index is 0.00665. The molecule has 1 rings (SSSR count). The van der Waals surface area contributed by atoms with Crippen LogP contribution in [0.4, 0.5) is 5.69 Å². The van der Waals surface area contributed by atoms with Crippen LogP contribution in [-0.2, 0) is 9.59 Å². The van der Waals surface area contributed by atoms with E-state index in [9.17, 15) is 14.4 Å². The van der Waals surface area contributed by atoms with Crippen molar-refractivity contribution in [3.63, 3.8) is 0 Å². The SMILES string of the molecule is CC(=O)c1ccc(NC(=O)CN(C(C)=O)C(C)(C)C)cc1. The summed E-state index contributed by atoms with van der Waals surface area (Å²) in [5.74, 6) is -0.441. The van der Waals surface area contributed by atoms with Crippen LogP contribution < -0.4 is 5.32 Å². The summed E-state index contributed by atoms with van der Waals surface area (Å²) >= 11 is 0. The normalized spacial score (nSPS) is 10.9. The van der Waals surface area contributed by atoms with Crippen LogP contribution in [0.5, 0.6) is 0 Å². The molecule has 0 atom stereocenters. The summed E-state index contributed by atoms with van der Waals surface area (Å²) in [5.41, 5.74) is 0.775. The number of amides is 2. The van der Waals surface area contributed by atoms with Gasteiger partial charge in [0.15, 0.2) is 5.78 Å². The Kier molecular flexibility index (Phi) is 5.24. The third-order valence-electron chi connectivity index (χ3n) is 3.07. The second kappa shape index (κ2) is 6.52. The van der Waals surface area contributed by atoms with Crippen LogP contribution >= 0.6 is 0 Å². The fourth-order valence-electron chi connectivity index (χ4n) is 1.95. The second-order valence-corrected chi connectivity index (χ2v) is 5.96. The Balaban J connectivity index is 2.72. The number of rotatable bonds is 4. The summed E-state index contributed by atoms with van der Waals surface area (Å²) in [4.78, 5) is 36.3. The molecular weight excluding hydrogens is 268 g/mol. The number of anilines is 1. The highest BCUT2D eigenvalue weighted by Gasteiger charge is 2.25. The first-order valence-electron chi connectivity index (χ1n) is 6.80. The maximum absolute atomic E-state index is 12.0. The van der Waals surface area contributed by atoms with E-state index in [1.54, 1.807) is 24.3 Å². The molecule has 0 aliphatic carbocycles. The molecule has 114 valence electrons. The first-order chi connectivity index (χ1) is 9.61. The molecule has 1 aromatic rings. The van der Waals surface area contributed by atoms with Gasteiger partial charge in [0.2, 0.25) is 11.8 Å². The summed E-state index contributed by atoms with van der Waals surface area (Å²) in [7, 11) is 0. The van der Waals surface area contributed by atoms with Gasteiger partial charge in [0, 0.05) is 23.7 Å². The van der Waals surface area contributed by atoms with Crippen molar-refractivity contribution in [1.29, 1.82) is 0 Å². The second-order valence-electron chi connectivity index (χ2n) is 5.96. The Labute approximate surface area is 125 Å². The molecule has 0 aliphatic rings. The molecule has 21 heavy (non-hydrogen) atoms. The van der Waals surface area contributed by atoms with Crippen molar-refractivity contribution in [2.75, 3.05) is 11.9 Å². The molecule has 5 nitrogen and oxygen atoms in total. The summed E-state index contributed by atoms with van der Waals surface area (Å²) in [6, 6.07) is 6.66. The van der Waals surface area contributed by atoms with E-state index >= 15 is 0 Å². The molecule has 0 saturated carbocycles. The van der Waals surface area contributed by atoms with Crippen LogP contribution in [0.3, 0.4) is 0 Å². The Hall–Kier alpha value is -2.17. The number of carbonyl (C=O) groups is 3. The first kappa shape index (κ1) is 16.9. The number of benzene rings is 1. The maximum Gasteiger partial charge on any atom is 0.244 e.